The molecule has 0 fully saturated rings. The molecule has 0 aliphatic heterocycles. The maximum absolute atomic E-state index is 8.98. The van der Waals surface area contributed by atoms with E-state index in [1.807, 2.05) is 13.8 Å². The van der Waals surface area contributed by atoms with Gasteiger partial charge in [-0.1, -0.05) is 39.0 Å². The Hall–Kier alpha value is -1.33. The number of hydrogen-bond acceptors (Lipinski definition) is 2. The molecule has 18 heavy (non-hydrogen) atoms. The largest absolute Gasteiger partial charge is 0.296 e. The van der Waals surface area contributed by atoms with E-state index >= 15 is 0 Å². The first kappa shape index (κ1) is 14.7. The van der Waals surface area contributed by atoms with Crippen LogP contribution < -0.4 is 5.32 Å². The highest BCUT2D eigenvalue weighted by atomic mass is 14.9. The second-order valence-electron chi connectivity index (χ2n) is 6.48. The Morgan fingerprint density at radius 1 is 1.17 bits per heavy atom. The summed E-state index contributed by atoms with van der Waals surface area (Å²) in [5.74, 6) is 0. The third-order valence-electron chi connectivity index (χ3n) is 3.21. The molecule has 1 aromatic carbocycles. The Morgan fingerprint density at radius 2 is 1.78 bits per heavy atom. The predicted octanol–water partition coefficient (Wildman–Crippen LogP) is 3.68. The van der Waals surface area contributed by atoms with Gasteiger partial charge in [0.2, 0.25) is 0 Å². The number of rotatable bonds is 3. The van der Waals surface area contributed by atoms with Crippen molar-refractivity contribution in [2.75, 3.05) is 0 Å². The molecule has 0 saturated heterocycles. The quantitative estimate of drug-likeness (QED) is 0.880. The molecule has 0 unspecified atom stereocenters. The van der Waals surface area contributed by atoms with E-state index in [0.29, 0.717) is 0 Å². The minimum absolute atomic E-state index is 0.183. The van der Waals surface area contributed by atoms with Gasteiger partial charge in [0.05, 0.1) is 6.07 Å². The standard InChI is InChI=1S/C16H24N2/c1-12-9-14(15(2,3)4)8-7-13(12)10-18-16(5,6)11-17/h7-9,18H,10H2,1-6H3. The molecule has 1 rings (SSSR count). The Bertz CT molecular complexity index is 459. The van der Waals surface area contributed by atoms with E-state index in [2.05, 4.69) is 57.3 Å². The number of nitrogens with one attached hydrogen (secondary N) is 1. The molecule has 0 spiro atoms. The molecule has 0 saturated carbocycles. The Kier molecular flexibility index (Phi) is 4.19. The maximum Gasteiger partial charge on any atom is 0.101 e. The number of benzene rings is 1. The summed E-state index contributed by atoms with van der Waals surface area (Å²) in [6.45, 7) is 13.3. The predicted molar refractivity (Wildman–Crippen MR) is 76.4 cm³/mol. The van der Waals surface area contributed by atoms with E-state index in [9.17, 15) is 0 Å². The summed E-state index contributed by atoms with van der Waals surface area (Å²) in [6.07, 6.45) is 0. The SMILES string of the molecule is Cc1cc(C(C)(C)C)ccc1CNC(C)(C)C#N. The lowest BCUT2D eigenvalue weighted by molar-refractivity contribution is 0.484. The number of nitriles is 1. The van der Waals surface area contributed by atoms with E-state index < -0.39 is 5.54 Å². The van der Waals surface area contributed by atoms with E-state index in [1.54, 1.807) is 0 Å². The van der Waals surface area contributed by atoms with Crippen LogP contribution in [0.25, 0.3) is 0 Å². The summed E-state index contributed by atoms with van der Waals surface area (Å²) < 4.78 is 0. The minimum Gasteiger partial charge on any atom is -0.296 e. The van der Waals surface area contributed by atoms with E-state index in [4.69, 9.17) is 5.26 Å². The van der Waals surface area contributed by atoms with Crippen LogP contribution in [0.5, 0.6) is 0 Å². The van der Waals surface area contributed by atoms with Crippen LogP contribution in [0.15, 0.2) is 18.2 Å². The van der Waals surface area contributed by atoms with Crippen molar-refractivity contribution >= 4 is 0 Å². The van der Waals surface area contributed by atoms with Crippen LogP contribution in [0.3, 0.4) is 0 Å². The van der Waals surface area contributed by atoms with E-state index in [0.717, 1.165) is 6.54 Å². The first-order valence-corrected chi connectivity index (χ1v) is 6.42. The fourth-order valence-corrected chi connectivity index (χ4v) is 1.72. The third kappa shape index (κ3) is 3.85. The van der Waals surface area contributed by atoms with Gasteiger partial charge in [-0.15, -0.1) is 0 Å². The van der Waals surface area contributed by atoms with Crippen molar-refractivity contribution in [3.05, 3.63) is 34.9 Å². The molecule has 0 amide bonds. The molecule has 0 aliphatic carbocycles. The fourth-order valence-electron chi connectivity index (χ4n) is 1.72. The molecule has 98 valence electrons. The van der Waals surface area contributed by atoms with Crippen molar-refractivity contribution in [2.24, 2.45) is 0 Å². The second-order valence-corrected chi connectivity index (χ2v) is 6.48. The van der Waals surface area contributed by atoms with E-state index in [-0.39, 0.29) is 5.41 Å². The number of aryl methyl sites for hydroxylation is 1. The van der Waals surface area contributed by atoms with Crippen LogP contribution in [-0.2, 0) is 12.0 Å². The van der Waals surface area contributed by atoms with Crippen molar-refractivity contribution in [3.63, 3.8) is 0 Å². The molecule has 2 nitrogen and oxygen atoms in total. The van der Waals surface area contributed by atoms with Gasteiger partial charge in [0.25, 0.3) is 0 Å². The monoisotopic (exact) mass is 244 g/mol. The van der Waals surface area contributed by atoms with Crippen molar-refractivity contribution in [3.8, 4) is 6.07 Å². The summed E-state index contributed by atoms with van der Waals surface area (Å²) >= 11 is 0. The van der Waals surface area contributed by atoms with Gasteiger partial charge >= 0.3 is 0 Å². The summed E-state index contributed by atoms with van der Waals surface area (Å²) in [4.78, 5) is 0. The van der Waals surface area contributed by atoms with Crippen LogP contribution in [-0.4, -0.2) is 5.54 Å². The fraction of sp³-hybridized carbons (Fsp3) is 0.562. The average molecular weight is 244 g/mol. The van der Waals surface area contributed by atoms with Crippen molar-refractivity contribution in [1.82, 2.24) is 5.32 Å². The highest BCUT2D eigenvalue weighted by Crippen LogP contribution is 2.24. The first-order valence-electron chi connectivity index (χ1n) is 6.42. The molecule has 0 atom stereocenters. The summed E-state index contributed by atoms with van der Waals surface area (Å²) in [5.41, 5.74) is 3.59. The average Bonchev–Trinajstić information content (AvgIpc) is 2.26. The van der Waals surface area contributed by atoms with Crippen molar-refractivity contribution in [2.45, 2.75) is 59.0 Å². The van der Waals surface area contributed by atoms with Gasteiger partial charge in [0, 0.05) is 6.54 Å². The lowest BCUT2D eigenvalue weighted by Gasteiger charge is -2.22. The van der Waals surface area contributed by atoms with Crippen LogP contribution in [0.4, 0.5) is 0 Å². The topological polar surface area (TPSA) is 35.8 Å². The second kappa shape index (κ2) is 5.12. The number of nitrogens with zero attached hydrogens (tertiary/aromatic N) is 1. The van der Waals surface area contributed by atoms with Crippen molar-refractivity contribution in [1.29, 1.82) is 5.26 Å². The van der Waals surface area contributed by atoms with Gasteiger partial charge in [-0.2, -0.15) is 5.26 Å². The highest BCUT2D eigenvalue weighted by molar-refractivity contribution is 5.34. The molecular formula is C16H24N2. The van der Waals surface area contributed by atoms with Crippen LogP contribution in [0, 0.1) is 18.3 Å². The normalized spacial score (nSPS) is 12.3. The lowest BCUT2D eigenvalue weighted by atomic mass is 9.85. The third-order valence-corrected chi connectivity index (χ3v) is 3.21. The van der Waals surface area contributed by atoms with Gasteiger partial charge in [-0.05, 0) is 42.9 Å². The van der Waals surface area contributed by atoms with Crippen LogP contribution in [0.2, 0.25) is 0 Å². The maximum atomic E-state index is 8.98. The lowest BCUT2D eigenvalue weighted by Crippen LogP contribution is -2.37. The molecule has 1 aromatic rings. The zero-order chi connectivity index (χ0) is 14.0. The molecule has 1 N–H and O–H groups in total. The summed E-state index contributed by atoms with van der Waals surface area (Å²) in [7, 11) is 0. The molecule has 0 aliphatic rings. The van der Waals surface area contributed by atoms with Gasteiger partial charge in [-0.3, -0.25) is 5.32 Å². The van der Waals surface area contributed by atoms with Gasteiger partial charge in [0.15, 0.2) is 0 Å². The molecular weight excluding hydrogens is 220 g/mol. The Morgan fingerprint density at radius 3 is 2.22 bits per heavy atom. The molecule has 2 heteroatoms. The zero-order valence-electron chi connectivity index (χ0n) is 12.4. The van der Waals surface area contributed by atoms with E-state index in [1.165, 1.54) is 16.7 Å². The molecule has 0 heterocycles. The molecule has 0 aromatic heterocycles. The summed E-state index contributed by atoms with van der Waals surface area (Å²) in [6, 6.07) is 8.85. The minimum atomic E-state index is -0.477. The van der Waals surface area contributed by atoms with Gasteiger partial charge in [0.1, 0.15) is 5.54 Å². The van der Waals surface area contributed by atoms with Crippen LogP contribution >= 0.6 is 0 Å². The summed E-state index contributed by atoms with van der Waals surface area (Å²) in [5, 5.41) is 12.2. The van der Waals surface area contributed by atoms with Gasteiger partial charge in [-0.25, -0.2) is 0 Å². The highest BCUT2D eigenvalue weighted by Gasteiger charge is 2.17. The smallest absolute Gasteiger partial charge is 0.101 e. The zero-order valence-corrected chi connectivity index (χ0v) is 12.4. The first-order chi connectivity index (χ1) is 8.15. The molecule has 0 bridgehead atoms. The van der Waals surface area contributed by atoms with Gasteiger partial charge < -0.3 is 0 Å². The number of hydrogen-bond donors (Lipinski definition) is 1. The van der Waals surface area contributed by atoms with Crippen molar-refractivity contribution < 1.29 is 0 Å². The Labute approximate surface area is 111 Å². The molecule has 0 radical (unpaired) electrons. The Balaban J connectivity index is 2.85. The van der Waals surface area contributed by atoms with Crippen LogP contribution in [0.1, 0.15) is 51.3 Å².